The van der Waals surface area contributed by atoms with Gasteiger partial charge in [0.25, 0.3) is 0 Å². The highest BCUT2D eigenvalue weighted by Gasteiger charge is 2.60. The van der Waals surface area contributed by atoms with Crippen LogP contribution in [0.25, 0.3) is 0 Å². The second-order valence-electron chi connectivity index (χ2n) is 6.15. The summed E-state index contributed by atoms with van der Waals surface area (Å²) in [5.74, 6) is -0.937. The SMILES string of the molecule is O=C1C[C@H]2CC[C@@H]1[C@H]1C(=O)N(c3ccc(I)cc3)C(=O)[C@@H]21. The van der Waals surface area contributed by atoms with Gasteiger partial charge in [0, 0.05) is 15.9 Å². The summed E-state index contributed by atoms with van der Waals surface area (Å²) in [5.41, 5.74) is 0.631. The molecule has 3 saturated carbocycles. The number of hydrogen-bond acceptors (Lipinski definition) is 3. The largest absolute Gasteiger partial charge is 0.299 e. The second-order valence-corrected chi connectivity index (χ2v) is 7.40. The number of nitrogens with zero attached hydrogens (tertiary/aromatic N) is 1. The van der Waals surface area contributed by atoms with E-state index in [1.54, 1.807) is 12.1 Å². The average molecular weight is 395 g/mol. The fourth-order valence-corrected chi connectivity index (χ4v) is 4.59. The van der Waals surface area contributed by atoms with Crippen molar-refractivity contribution in [3.05, 3.63) is 27.8 Å². The first kappa shape index (κ1) is 13.4. The molecule has 1 aromatic carbocycles. The minimum absolute atomic E-state index is 0.0674. The lowest BCUT2D eigenvalue weighted by Gasteiger charge is -2.41. The summed E-state index contributed by atoms with van der Waals surface area (Å²) in [5, 5.41) is 0. The first-order chi connectivity index (χ1) is 10.1. The van der Waals surface area contributed by atoms with Crippen molar-refractivity contribution in [3.63, 3.8) is 0 Å². The van der Waals surface area contributed by atoms with Gasteiger partial charge in [0.05, 0.1) is 17.5 Å². The van der Waals surface area contributed by atoms with Gasteiger partial charge in [-0.1, -0.05) is 0 Å². The molecule has 1 aromatic rings. The quantitative estimate of drug-likeness (QED) is 0.542. The minimum Gasteiger partial charge on any atom is -0.299 e. The summed E-state index contributed by atoms with van der Waals surface area (Å²) < 4.78 is 1.06. The van der Waals surface area contributed by atoms with Crippen LogP contribution in [0.15, 0.2) is 24.3 Å². The third kappa shape index (κ3) is 1.82. The molecule has 5 heteroatoms. The van der Waals surface area contributed by atoms with Crippen LogP contribution in [0, 0.1) is 27.2 Å². The lowest BCUT2D eigenvalue weighted by atomic mass is 9.59. The van der Waals surface area contributed by atoms with E-state index in [4.69, 9.17) is 0 Å². The Morgan fingerprint density at radius 1 is 0.952 bits per heavy atom. The molecule has 0 radical (unpaired) electrons. The highest BCUT2D eigenvalue weighted by molar-refractivity contribution is 14.1. The third-order valence-corrected chi connectivity index (χ3v) is 5.87. The molecule has 1 heterocycles. The van der Waals surface area contributed by atoms with Crippen LogP contribution in [0.1, 0.15) is 19.3 Å². The fraction of sp³-hybridized carbons (Fsp3) is 0.438. The van der Waals surface area contributed by atoms with Crippen molar-refractivity contribution in [1.29, 1.82) is 0 Å². The maximum absolute atomic E-state index is 12.7. The lowest BCUT2D eigenvalue weighted by Crippen LogP contribution is -2.46. The van der Waals surface area contributed by atoms with E-state index in [-0.39, 0.29) is 35.4 Å². The van der Waals surface area contributed by atoms with Crippen molar-refractivity contribution in [1.82, 2.24) is 0 Å². The van der Waals surface area contributed by atoms with Gasteiger partial charge in [-0.05, 0) is 65.6 Å². The van der Waals surface area contributed by atoms with E-state index in [0.29, 0.717) is 12.1 Å². The van der Waals surface area contributed by atoms with E-state index >= 15 is 0 Å². The molecule has 0 spiro atoms. The number of imide groups is 1. The molecule has 4 aliphatic rings. The summed E-state index contributed by atoms with van der Waals surface area (Å²) in [6, 6.07) is 7.38. The van der Waals surface area contributed by atoms with Crippen LogP contribution < -0.4 is 4.90 Å². The highest BCUT2D eigenvalue weighted by Crippen LogP contribution is 2.52. The van der Waals surface area contributed by atoms with Gasteiger partial charge < -0.3 is 0 Å². The maximum Gasteiger partial charge on any atom is 0.238 e. The molecule has 1 saturated heterocycles. The van der Waals surface area contributed by atoms with Gasteiger partial charge in [-0.25, -0.2) is 0 Å². The lowest BCUT2D eigenvalue weighted by molar-refractivity contribution is -0.143. The van der Waals surface area contributed by atoms with E-state index < -0.39 is 5.92 Å². The number of halogens is 1. The number of carbonyl (C=O) groups excluding carboxylic acids is 3. The van der Waals surface area contributed by atoms with Gasteiger partial charge in [-0.3, -0.25) is 19.3 Å². The van der Waals surface area contributed by atoms with Crippen LogP contribution in [0.4, 0.5) is 5.69 Å². The summed E-state index contributed by atoms with van der Waals surface area (Å²) in [6.45, 7) is 0. The number of anilines is 1. The molecule has 21 heavy (non-hydrogen) atoms. The van der Waals surface area contributed by atoms with Crippen molar-refractivity contribution in [2.45, 2.75) is 19.3 Å². The van der Waals surface area contributed by atoms with E-state index in [1.165, 1.54) is 4.90 Å². The average Bonchev–Trinajstić information content (AvgIpc) is 2.74. The summed E-state index contributed by atoms with van der Waals surface area (Å²) in [7, 11) is 0. The van der Waals surface area contributed by atoms with E-state index in [2.05, 4.69) is 22.6 Å². The van der Waals surface area contributed by atoms with Gasteiger partial charge in [0.15, 0.2) is 0 Å². The Balaban J connectivity index is 1.75. The summed E-state index contributed by atoms with van der Waals surface area (Å²) >= 11 is 2.19. The van der Waals surface area contributed by atoms with E-state index in [1.807, 2.05) is 12.1 Å². The van der Waals surface area contributed by atoms with E-state index in [9.17, 15) is 14.4 Å². The third-order valence-electron chi connectivity index (χ3n) is 5.15. The Bertz CT molecular complexity index is 654. The fourth-order valence-electron chi connectivity index (χ4n) is 4.23. The molecule has 0 aromatic heterocycles. The van der Waals surface area contributed by atoms with Gasteiger partial charge in [-0.15, -0.1) is 0 Å². The van der Waals surface area contributed by atoms with Gasteiger partial charge >= 0.3 is 0 Å². The van der Waals surface area contributed by atoms with Crippen molar-refractivity contribution < 1.29 is 14.4 Å². The molecule has 5 rings (SSSR count). The standard InChI is InChI=1S/C16H14INO3/c17-9-2-4-10(5-3-9)18-15(20)13-8-1-6-11(12(19)7-8)14(13)16(18)21/h2-5,8,11,13-14H,1,6-7H2/t8-,11+,13+,14-/m1/s1. The first-order valence-electron chi connectivity index (χ1n) is 7.24. The summed E-state index contributed by atoms with van der Waals surface area (Å²) in [4.78, 5) is 38.8. The number of fused-ring (bicyclic) bond motifs is 2. The Morgan fingerprint density at radius 3 is 2.29 bits per heavy atom. The van der Waals surface area contributed by atoms with Crippen molar-refractivity contribution in [2.24, 2.45) is 23.7 Å². The number of carbonyl (C=O) groups is 3. The number of Topliss-reactive ketones (excluding diaryl/α,β-unsaturated/α-hetero) is 1. The van der Waals surface area contributed by atoms with Gasteiger partial charge in [-0.2, -0.15) is 0 Å². The van der Waals surface area contributed by atoms with Gasteiger partial charge in [0.2, 0.25) is 11.8 Å². The molecule has 4 nitrogen and oxygen atoms in total. The number of rotatable bonds is 1. The molecule has 0 unspecified atom stereocenters. The van der Waals surface area contributed by atoms with Crippen molar-refractivity contribution in [2.75, 3.05) is 4.90 Å². The number of ketones is 1. The van der Waals surface area contributed by atoms with Crippen molar-refractivity contribution in [3.8, 4) is 0 Å². The molecule has 3 aliphatic carbocycles. The Kier molecular flexibility index (Phi) is 2.96. The topological polar surface area (TPSA) is 54.5 Å². The zero-order valence-corrected chi connectivity index (χ0v) is 13.4. The summed E-state index contributed by atoms with van der Waals surface area (Å²) in [6.07, 6.45) is 2.15. The molecule has 4 atom stereocenters. The monoisotopic (exact) mass is 395 g/mol. The second kappa shape index (κ2) is 4.63. The van der Waals surface area contributed by atoms with E-state index in [0.717, 1.165) is 16.4 Å². The molecule has 2 bridgehead atoms. The Hall–Kier alpha value is -1.24. The molecular formula is C16H14INO3. The van der Waals surface area contributed by atoms with Crippen LogP contribution in [-0.2, 0) is 14.4 Å². The Morgan fingerprint density at radius 2 is 1.62 bits per heavy atom. The van der Waals surface area contributed by atoms with Crippen LogP contribution in [0.3, 0.4) is 0 Å². The normalized spacial score (nSPS) is 34.5. The zero-order chi connectivity index (χ0) is 14.7. The molecular weight excluding hydrogens is 381 g/mol. The van der Waals surface area contributed by atoms with Gasteiger partial charge in [0.1, 0.15) is 5.78 Å². The molecule has 1 aliphatic heterocycles. The Labute approximate surface area is 136 Å². The van der Waals surface area contributed by atoms with Crippen LogP contribution in [-0.4, -0.2) is 17.6 Å². The molecule has 0 N–H and O–H groups in total. The zero-order valence-electron chi connectivity index (χ0n) is 11.3. The predicted octanol–water partition coefficient (Wildman–Crippen LogP) is 2.40. The van der Waals surface area contributed by atoms with Crippen LogP contribution in [0.2, 0.25) is 0 Å². The molecule has 2 amide bonds. The predicted molar refractivity (Wildman–Crippen MR) is 84.5 cm³/mol. The number of benzene rings is 1. The molecule has 4 fully saturated rings. The maximum atomic E-state index is 12.7. The molecule has 108 valence electrons. The minimum atomic E-state index is -0.406. The smallest absolute Gasteiger partial charge is 0.238 e. The number of hydrogen-bond donors (Lipinski definition) is 0. The highest BCUT2D eigenvalue weighted by atomic mass is 127. The van der Waals surface area contributed by atoms with Crippen LogP contribution in [0.5, 0.6) is 0 Å². The van der Waals surface area contributed by atoms with Crippen molar-refractivity contribution >= 4 is 45.9 Å². The van der Waals surface area contributed by atoms with Crippen LogP contribution >= 0.6 is 22.6 Å². The first-order valence-corrected chi connectivity index (χ1v) is 8.32. The number of amides is 2.